The lowest BCUT2D eigenvalue weighted by molar-refractivity contribution is -0.114. The second kappa shape index (κ2) is 7.58. The zero-order chi connectivity index (χ0) is 23.4. The van der Waals surface area contributed by atoms with Crippen LogP contribution in [0.5, 0.6) is 5.75 Å². The maximum Gasteiger partial charge on any atom is 0.221 e. The fraction of sp³-hybridized carbons (Fsp3) is 0.310. The molecule has 33 heavy (non-hydrogen) atoms. The third-order valence-corrected chi connectivity index (χ3v) is 6.33. The minimum Gasteiger partial charge on any atom is -0.487 e. The molecule has 3 aromatic carbocycles. The maximum absolute atomic E-state index is 11.3. The second-order valence-electron chi connectivity index (χ2n) is 10.4. The van der Waals surface area contributed by atoms with Gasteiger partial charge in [-0.25, -0.2) is 0 Å². The molecule has 4 nitrogen and oxygen atoms in total. The van der Waals surface area contributed by atoms with Gasteiger partial charge >= 0.3 is 0 Å². The van der Waals surface area contributed by atoms with E-state index < -0.39 is 0 Å². The fourth-order valence-corrected chi connectivity index (χ4v) is 4.99. The summed E-state index contributed by atoms with van der Waals surface area (Å²) >= 11 is 0. The van der Waals surface area contributed by atoms with Crippen molar-refractivity contribution in [3.63, 3.8) is 0 Å². The lowest BCUT2D eigenvalue weighted by Gasteiger charge is -2.30. The van der Waals surface area contributed by atoms with Gasteiger partial charge in [0.1, 0.15) is 11.4 Å². The summed E-state index contributed by atoms with van der Waals surface area (Å²) in [6, 6.07) is 20.8. The van der Waals surface area contributed by atoms with Crippen molar-refractivity contribution in [3.05, 3.63) is 82.9 Å². The van der Waals surface area contributed by atoms with Crippen molar-refractivity contribution in [1.82, 2.24) is 0 Å². The number of anilines is 1. The van der Waals surface area contributed by atoms with E-state index in [1.165, 1.54) is 23.6 Å². The number of nitrogens with zero attached hydrogens (tertiary/aromatic N) is 1. The lowest BCUT2D eigenvalue weighted by atomic mass is 9.81. The lowest BCUT2D eigenvalue weighted by Crippen LogP contribution is -2.30. The molecule has 3 aromatic rings. The smallest absolute Gasteiger partial charge is 0.221 e. The van der Waals surface area contributed by atoms with Crippen LogP contribution < -0.4 is 10.1 Å². The first kappa shape index (κ1) is 21.4. The molecule has 0 spiro atoms. The van der Waals surface area contributed by atoms with E-state index in [2.05, 4.69) is 69.4 Å². The molecule has 0 unspecified atom stereocenters. The zero-order valence-corrected chi connectivity index (χ0v) is 20.0. The minimum absolute atomic E-state index is 0.0680. The predicted octanol–water partition coefficient (Wildman–Crippen LogP) is 6.20. The Morgan fingerprint density at radius 1 is 0.879 bits per heavy atom. The third-order valence-electron chi connectivity index (χ3n) is 6.33. The van der Waals surface area contributed by atoms with Crippen LogP contribution in [0.3, 0.4) is 0 Å². The number of benzene rings is 3. The predicted molar refractivity (Wildman–Crippen MR) is 134 cm³/mol. The van der Waals surface area contributed by atoms with Crippen molar-refractivity contribution >= 4 is 17.3 Å². The van der Waals surface area contributed by atoms with Crippen molar-refractivity contribution in [1.29, 1.82) is 0 Å². The van der Waals surface area contributed by atoms with E-state index in [9.17, 15) is 4.79 Å². The molecule has 0 atom stereocenters. The van der Waals surface area contributed by atoms with E-state index >= 15 is 0 Å². The first-order valence-electron chi connectivity index (χ1n) is 11.5. The largest absolute Gasteiger partial charge is 0.487 e. The van der Waals surface area contributed by atoms with Gasteiger partial charge in [-0.15, -0.1) is 0 Å². The van der Waals surface area contributed by atoms with Gasteiger partial charge in [0, 0.05) is 35.7 Å². The third kappa shape index (κ3) is 4.18. The SMILES string of the molecule is CC(=O)Nc1ccc(-c2cccc(C3=NC(C)(C)Cc4c3ccc3c4CC(C)(C)O3)c2)cc1. The first-order chi connectivity index (χ1) is 15.6. The Hall–Kier alpha value is -3.40. The van der Waals surface area contributed by atoms with Gasteiger partial charge in [-0.2, -0.15) is 0 Å². The van der Waals surface area contributed by atoms with Crippen LogP contribution in [-0.2, 0) is 17.6 Å². The van der Waals surface area contributed by atoms with Crippen molar-refractivity contribution in [2.75, 3.05) is 5.32 Å². The highest BCUT2D eigenvalue weighted by Gasteiger charge is 2.37. The van der Waals surface area contributed by atoms with Crippen molar-refractivity contribution in [3.8, 4) is 16.9 Å². The number of aliphatic imine (C=N–C) groups is 1. The number of carbonyl (C=O) groups excluding carboxylic acids is 1. The first-order valence-corrected chi connectivity index (χ1v) is 11.5. The van der Waals surface area contributed by atoms with E-state index in [0.717, 1.165) is 46.7 Å². The number of nitrogens with one attached hydrogen (secondary N) is 1. The summed E-state index contributed by atoms with van der Waals surface area (Å²) in [7, 11) is 0. The molecule has 0 radical (unpaired) electrons. The standard InChI is InChI=1S/C29H30N2O2/c1-18(32)30-22-11-9-19(10-12-22)20-7-6-8-21(15-20)27-23-13-14-26-25(17-29(4,5)33-26)24(23)16-28(2,3)31-27/h6-15H,16-17H2,1-5H3,(H,30,32). The molecule has 1 amide bonds. The molecule has 0 aliphatic carbocycles. The molecule has 4 heteroatoms. The molecule has 2 aliphatic heterocycles. The van der Waals surface area contributed by atoms with Crippen LogP contribution >= 0.6 is 0 Å². The Morgan fingerprint density at radius 3 is 2.33 bits per heavy atom. The molecular formula is C29H30N2O2. The van der Waals surface area contributed by atoms with Crippen LogP contribution in [0.1, 0.15) is 56.9 Å². The Labute approximate surface area is 195 Å². The number of amides is 1. The molecule has 0 bridgehead atoms. The summed E-state index contributed by atoms with van der Waals surface area (Å²) in [5.74, 6) is 0.949. The van der Waals surface area contributed by atoms with Crippen LogP contribution in [0.25, 0.3) is 11.1 Å². The Kier molecular flexibility index (Phi) is 4.93. The van der Waals surface area contributed by atoms with Crippen LogP contribution in [0.2, 0.25) is 0 Å². The monoisotopic (exact) mass is 438 g/mol. The van der Waals surface area contributed by atoms with Gasteiger partial charge in [0.2, 0.25) is 5.91 Å². The Balaban J connectivity index is 1.56. The number of carbonyl (C=O) groups is 1. The molecule has 0 saturated heterocycles. The molecule has 5 rings (SSSR count). The normalized spacial score (nSPS) is 17.4. The van der Waals surface area contributed by atoms with Crippen LogP contribution in [0.4, 0.5) is 5.69 Å². The quantitative estimate of drug-likeness (QED) is 0.529. The molecule has 2 heterocycles. The molecule has 1 N–H and O–H groups in total. The number of ether oxygens (including phenoxy) is 1. The van der Waals surface area contributed by atoms with E-state index in [4.69, 9.17) is 9.73 Å². The molecular weight excluding hydrogens is 408 g/mol. The summed E-state index contributed by atoms with van der Waals surface area (Å²) in [5.41, 5.74) is 8.77. The topological polar surface area (TPSA) is 50.7 Å². The van der Waals surface area contributed by atoms with Gasteiger partial charge in [0.15, 0.2) is 0 Å². The highest BCUT2D eigenvalue weighted by Crippen LogP contribution is 2.42. The summed E-state index contributed by atoms with van der Waals surface area (Å²) in [6.07, 6.45) is 1.84. The molecule has 0 saturated carbocycles. The molecule has 168 valence electrons. The minimum atomic E-state index is -0.180. The maximum atomic E-state index is 11.3. The Morgan fingerprint density at radius 2 is 1.61 bits per heavy atom. The summed E-state index contributed by atoms with van der Waals surface area (Å²) in [6.45, 7) is 10.2. The summed E-state index contributed by atoms with van der Waals surface area (Å²) in [5, 5.41) is 2.82. The average Bonchev–Trinajstić information content (AvgIpc) is 3.07. The number of rotatable bonds is 3. The highest BCUT2D eigenvalue weighted by molar-refractivity contribution is 6.15. The summed E-state index contributed by atoms with van der Waals surface area (Å²) < 4.78 is 6.21. The van der Waals surface area contributed by atoms with E-state index in [1.54, 1.807) is 0 Å². The number of hydrogen-bond acceptors (Lipinski definition) is 3. The van der Waals surface area contributed by atoms with Gasteiger partial charge in [-0.05, 0) is 81.1 Å². The molecule has 0 fully saturated rings. The van der Waals surface area contributed by atoms with Crippen LogP contribution in [0, 0.1) is 0 Å². The van der Waals surface area contributed by atoms with Crippen LogP contribution in [-0.4, -0.2) is 22.8 Å². The second-order valence-corrected chi connectivity index (χ2v) is 10.4. The van der Waals surface area contributed by atoms with Gasteiger partial charge in [-0.3, -0.25) is 9.79 Å². The van der Waals surface area contributed by atoms with Crippen molar-refractivity contribution in [2.45, 2.75) is 58.6 Å². The average molecular weight is 439 g/mol. The Bertz CT molecular complexity index is 1280. The van der Waals surface area contributed by atoms with E-state index in [-0.39, 0.29) is 17.0 Å². The summed E-state index contributed by atoms with van der Waals surface area (Å²) in [4.78, 5) is 16.5. The van der Waals surface area contributed by atoms with Gasteiger partial charge in [0.25, 0.3) is 0 Å². The van der Waals surface area contributed by atoms with E-state index in [0.29, 0.717) is 0 Å². The molecule has 2 aliphatic rings. The molecule has 0 aromatic heterocycles. The van der Waals surface area contributed by atoms with Crippen molar-refractivity contribution in [2.24, 2.45) is 4.99 Å². The van der Waals surface area contributed by atoms with E-state index in [1.807, 2.05) is 24.3 Å². The van der Waals surface area contributed by atoms with Gasteiger partial charge in [0.05, 0.1) is 11.3 Å². The van der Waals surface area contributed by atoms with Crippen LogP contribution in [0.15, 0.2) is 65.7 Å². The highest BCUT2D eigenvalue weighted by atomic mass is 16.5. The van der Waals surface area contributed by atoms with Gasteiger partial charge in [-0.1, -0.05) is 30.3 Å². The van der Waals surface area contributed by atoms with Gasteiger partial charge < -0.3 is 10.1 Å². The number of fused-ring (bicyclic) bond motifs is 3. The fourth-order valence-electron chi connectivity index (χ4n) is 4.99. The number of hydrogen-bond donors (Lipinski definition) is 1. The van der Waals surface area contributed by atoms with Crippen molar-refractivity contribution < 1.29 is 9.53 Å². The zero-order valence-electron chi connectivity index (χ0n) is 20.0.